The van der Waals surface area contributed by atoms with Crippen LogP contribution in [0.1, 0.15) is 6.92 Å². The highest BCUT2D eigenvalue weighted by Crippen LogP contribution is 2.29. The number of benzene rings is 2. The molecule has 2 heterocycles. The van der Waals surface area contributed by atoms with E-state index in [1.54, 1.807) is 5.38 Å². The average Bonchev–Trinajstić information content (AvgIpc) is 3.25. The number of amides is 1. The summed E-state index contributed by atoms with van der Waals surface area (Å²) in [5.41, 5.74) is 1.44. The molecule has 0 atom stereocenters. The van der Waals surface area contributed by atoms with Crippen molar-refractivity contribution in [2.75, 3.05) is 49.5 Å². The van der Waals surface area contributed by atoms with Crippen LogP contribution in [0.3, 0.4) is 0 Å². The SMILES string of the molecule is CCOc1ccccc1N1CCN(CC(=O)Nc2nc(-c3cc(F)ccc3F)cs2)CC1. The van der Waals surface area contributed by atoms with Crippen LogP contribution in [-0.2, 0) is 4.79 Å². The number of ether oxygens (including phenoxy) is 1. The number of aromatic nitrogens is 1. The Morgan fingerprint density at radius 2 is 1.94 bits per heavy atom. The molecule has 9 heteroatoms. The second-order valence-corrected chi connectivity index (χ2v) is 8.23. The van der Waals surface area contributed by atoms with Crippen molar-refractivity contribution in [3.8, 4) is 17.0 Å². The second-order valence-electron chi connectivity index (χ2n) is 7.37. The summed E-state index contributed by atoms with van der Waals surface area (Å²) in [5, 5.41) is 4.72. The van der Waals surface area contributed by atoms with Gasteiger partial charge in [-0.2, -0.15) is 0 Å². The zero-order valence-corrected chi connectivity index (χ0v) is 18.5. The summed E-state index contributed by atoms with van der Waals surface area (Å²) in [6, 6.07) is 11.2. The molecule has 0 bridgehead atoms. The number of thiazole rings is 1. The number of nitrogens with zero attached hydrogens (tertiary/aromatic N) is 3. The molecule has 1 amide bonds. The zero-order chi connectivity index (χ0) is 22.5. The number of hydrogen-bond acceptors (Lipinski definition) is 6. The summed E-state index contributed by atoms with van der Waals surface area (Å²) in [6.45, 7) is 5.88. The summed E-state index contributed by atoms with van der Waals surface area (Å²) >= 11 is 1.18. The number of rotatable bonds is 7. The molecule has 1 fully saturated rings. The van der Waals surface area contributed by atoms with Crippen molar-refractivity contribution in [3.05, 3.63) is 59.5 Å². The maximum Gasteiger partial charge on any atom is 0.240 e. The molecule has 1 N–H and O–H groups in total. The first-order chi connectivity index (χ1) is 15.5. The van der Waals surface area contributed by atoms with Gasteiger partial charge >= 0.3 is 0 Å². The third-order valence-corrected chi connectivity index (χ3v) is 5.96. The fourth-order valence-corrected chi connectivity index (χ4v) is 4.38. The number of piperazine rings is 1. The third kappa shape index (κ3) is 5.23. The summed E-state index contributed by atoms with van der Waals surface area (Å²) in [6.07, 6.45) is 0. The minimum absolute atomic E-state index is 0.0743. The molecule has 1 aliphatic heterocycles. The molecular weight excluding hydrogens is 434 g/mol. The van der Waals surface area contributed by atoms with Crippen molar-refractivity contribution in [1.82, 2.24) is 9.88 Å². The number of carbonyl (C=O) groups is 1. The number of hydrogen-bond donors (Lipinski definition) is 1. The number of anilines is 2. The summed E-state index contributed by atoms with van der Waals surface area (Å²) in [7, 11) is 0. The highest BCUT2D eigenvalue weighted by molar-refractivity contribution is 7.14. The Balaban J connectivity index is 1.31. The highest BCUT2D eigenvalue weighted by Gasteiger charge is 2.21. The number of halogens is 2. The van der Waals surface area contributed by atoms with Crippen molar-refractivity contribution in [3.63, 3.8) is 0 Å². The van der Waals surface area contributed by atoms with Gasteiger partial charge in [-0.1, -0.05) is 12.1 Å². The molecule has 0 spiro atoms. The van der Waals surface area contributed by atoms with E-state index in [0.717, 1.165) is 55.8 Å². The first kappa shape index (κ1) is 22.2. The predicted molar refractivity (Wildman–Crippen MR) is 122 cm³/mol. The fourth-order valence-electron chi connectivity index (χ4n) is 3.65. The van der Waals surface area contributed by atoms with Crippen LogP contribution in [0.25, 0.3) is 11.3 Å². The lowest BCUT2D eigenvalue weighted by Gasteiger charge is -2.36. The number of carbonyl (C=O) groups excluding carboxylic acids is 1. The molecule has 0 unspecified atom stereocenters. The van der Waals surface area contributed by atoms with Gasteiger partial charge < -0.3 is 15.0 Å². The zero-order valence-electron chi connectivity index (χ0n) is 17.7. The maximum atomic E-state index is 14.0. The van der Waals surface area contributed by atoms with Gasteiger partial charge in [0.05, 0.1) is 24.5 Å². The number of para-hydroxylation sites is 2. The molecule has 0 aliphatic carbocycles. The normalized spacial score (nSPS) is 14.4. The molecule has 1 aromatic heterocycles. The van der Waals surface area contributed by atoms with Crippen LogP contribution in [0.5, 0.6) is 5.75 Å². The van der Waals surface area contributed by atoms with Gasteiger partial charge in [0, 0.05) is 37.1 Å². The van der Waals surface area contributed by atoms with Gasteiger partial charge in [0.1, 0.15) is 17.4 Å². The highest BCUT2D eigenvalue weighted by atomic mass is 32.1. The molecule has 1 aliphatic rings. The molecule has 4 rings (SSSR count). The van der Waals surface area contributed by atoms with E-state index in [4.69, 9.17) is 4.74 Å². The molecule has 3 aromatic rings. The monoisotopic (exact) mass is 458 g/mol. The average molecular weight is 459 g/mol. The van der Waals surface area contributed by atoms with Gasteiger partial charge in [-0.05, 0) is 37.3 Å². The van der Waals surface area contributed by atoms with Crippen LogP contribution >= 0.6 is 11.3 Å². The van der Waals surface area contributed by atoms with Crippen LogP contribution < -0.4 is 15.0 Å². The lowest BCUT2D eigenvalue weighted by molar-refractivity contribution is -0.117. The second kappa shape index (κ2) is 10.1. The molecule has 0 saturated carbocycles. The van der Waals surface area contributed by atoms with Gasteiger partial charge in [-0.15, -0.1) is 11.3 Å². The van der Waals surface area contributed by atoms with Gasteiger partial charge in [0.25, 0.3) is 0 Å². The lowest BCUT2D eigenvalue weighted by atomic mass is 10.1. The first-order valence-corrected chi connectivity index (χ1v) is 11.3. The Morgan fingerprint density at radius 3 is 2.72 bits per heavy atom. The smallest absolute Gasteiger partial charge is 0.240 e. The van der Waals surface area contributed by atoms with Crippen molar-refractivity contribution in [1.29, 1.82) is 0 Å². The quantitative estimate of drug-likeness (QED) is 0.574. The van der Waals surface area contributed by atoms with E-state index in [-0.39, 0.29) is 18.0 Å². The van der Waals surface area contributed by atoms with E-state index in [1.807, 2.05) is 25.1 Å². The van der Waals surface area contributed by atoms with E-state index >= 15 is 0 Å². The predicted octanol–water partition coefficient (Wildman–Crippen LogP) is 4.25. The van der Waals surface area contributed by atoms with E-state index in [1.165, 1.54) is 11.3 Å². The topological polar surface area (TPSA) is 57.7 Å². The molecule has 0 radical (unpaired) electrons. The summed E-state index contributed by atoms with van der Waals surface area (Å²) < 4.78 is 33.1. The van der Waals surface area contributed by atoms with Crippen molar-refractivity contribution < 1.29 is 18.3 Å². The van der Waals surface area contributed by atoms with Crippen LogP contribution in [0, 0.1) is 11.6 Å². The Kier molecular flexibility index (Phi) is 6.96. The molecule has 32 heavy (non-hydrogen) atoms. The molecule has 168 valence electrons. The van der Waals surface area contributed by atoms with Crippen LogP contribution in [-0.4, -0.2) is 55.1 Å². The fraction of sp³-hybridized carbons (Fsp3) is 0.304. The first-order valence-electron chi connectivity index (χ1n) is 10.4. The largest absolute Gasteiger partial charge is 0.492 e. The summed E-state index contributed by atoms with van der Waals surface area (Å²) in [5.74, 6) is -0.411. The Hall–Kier alpha value is -3.04. The van der Waals surface area contributed by atoms with E-state index in [9.17, 15) is 13.6 Å². The summed E-state index contributed by atoms with van der Waals surface area (Å²) in [4.78, 5) is 21.1. The van der Waals surface area contributed by atoms with Crippen molar-refractivity contribution >= 4 is 28.1 Å². The Morgan fingerprint density at radius 1 is 1.16 bits per heavy atom. The third-order valence-electron chi connectivity index (χ3n) is 5.20. The molecule has 1 saturated heterocycles. The van der Waals surface area contributed by atoms with Gasteiger partial charge in [-0.3, -0.25) is 9.69 Å². The number of nitrogens with one attached hydrogen (secondary N) is 1. The van der Waals surface area contributed by atoms with E-state index in [0.29, 0.717) is 17.4 Å². The minimum Gasteiger partial charge on any atom is -0.492 e. The Labute approximate surface area is 189 Å². The standard InChI is InChI=1S/C23H24F2N4O2S/c1-2-31-21-6-4-3-5-20(21)29-11-9-28(10-12-29)14-22(30)27-23-26-19(15-32-23)17-13-16(24)7-8-18(17)25/h3-8,13,15H,2,9-12,14H2,1H3,(H,26,27,30). The van der Waals surface area contributed by atoms with E-state index < -0.39 is 11.6 Å². The van der Waals surface area contributed by atoms with Crippen molar-refractivity contribution in [2.45, 2.75) is 6.92 Å². The van der Waals surface area contributed by atoms with Gasteiger partial charge in [-0.25, -0.2) is 13.8 Å². The van der Waals surface area contributed by atoms with Gasteiger partial charge in [0.2, 0.25) is 5.91 Å². The maximum absolute atomic E-state index is 14.0. The molecule has 6 nitrogen and oxygen atoms in total. The van der Waals surface area contributed by atoms with Crippen LogP contribution in [0.15, 0.2) is 47.8 Å². The van der Waals surface area contributed by atoms with Crippen molar-refractivity contribution in [2.24, 2.45) is 0 Å². The minimum atomic E-state index is -0.557. The van der Waals surface area contributed by atoms with E-state index in [2.05, 4.69) is 26.2 Å². The van der Waals surface area contributed by atoms with Gasteiger partial charge in [0.15, 0.2) is 5.13 Å². The lowest BCUT2D eigenvalue weighted by Crippen LogP contribution is -2.48. The van der Waals surface area contributed by atoms with Crippen LogP contribution in [0.4, 0.5) is 19.6 Å². The Bertz CT molecular complexity index is 1080. The van der Waals surface area contributed by atoms with Crippen LogP contribution in [0.2, 0.25) is 0 Å². The molecule has 2 aromatic carbocycles. The molecular formula is C23H24F2N4O2S.